The summed E-state index contributed by atoms with van der Waals surface area (Å²) in [5.74, 6) is 1.83. The van der Waals surface area contributed by atoms with Crippen LogP contribution in [0.15, 0.2) is 78.9 Å². The molecule has 0 aliphatic heterocycles. The van der Waals surface area contributed by atoms with Crippen molar-refractivity contribution in [2.24, 2.45) is 0 Å². The maximum atomic E-state index is 12.9. The van der Waals surface area contributed by atoms with Gasteiger partial charge in [0, 0.05) is 12.1 Å². The summed E-state index contributed by atoms with van der Waals surface area (Å²) in [6.07, 6.45) is 0. The molecule has 0 heterocycles. The zero-order valence-corrected chi connectivity index (χ0v) is 17.0. The number of carbonyl (C=O) groups is 1. The molecule has 150 valence electrons. The largest absolute Gasteiger partial charge is 0.496 e. The first-order chi connectivity index (χ1) is 14.1. The molecule has 0 bridgehead atoms. The molecule has 1 amide bonds. The van der Waals surface area contributed by atoms with Gasteiger partial charge in [0.1, 0.15) is 17.2 Å². The lowest BCUT2D eigenvalue weighted by atomic mass is 10.0. The summed E-state index contributed by atoms with van der Waals surface area (Å²) in [4.78, 5) is 15.0. The van der Waals surface area contributed by atoms with E-state index in [1.165, 1.54) is 0 Å². The van der Waals surface area contributed by atoms with Gasteiger partial charge >= 0.3 is 0 Å². The SMILES string of the molecule is COc1ccccc1C(CNC(=O)c1ccccc1Oc1ccccc1)N(C)C. The van der Waals surface area contributed by atoms with E-state index < -0.39 is 0 Å². The zero-order valence-electron chi connectivity index (χ0n) is 17.0. The van der Waals surface area contributed by atoms with E-state index in [4.69, 9.17) is 9.47 Å². The molecule has 0 aromatic heterocycles. The highest BCUT2D eigenvalue weighted by atomic mass is 16.5. The van der Waals surface area contributed by atoms with Crippen molar-refractivity contribution in [1.82, 2.24) is 10.2 Å². The maximum Gasteiger partial charge on any atom is 0.255 e. The lowest BCUT2D eigenvalue weighted by molar-refractivity contribution is 0.0939. The highest BCUT2D eigenvalue weighted by Gasteiger charge is 2.20. The average molecular weight is 390 g/mol. The van der Waals surface area contributed by atoms with Crippen molar-refractivity contribution in [2.45, 2.75) is 6.04 Å². The van der Waals surface area contributed by atoms with Crippen LogP contribution < -0.4 is 14.8 Å². The Kier molecular flexibility index (Phi) is 6.87. The van der Waals surface area contributed by atoms with Gasteiger partial charge in [0.05, 0.1) is 18.7 Å². The van der Waals surface area contributed by atoms with E-state index in [0.717, 1.165) is 11.3 Å². The summed E-state index contributed by atoms with van der Waals surface area (Å²) in [5.41, 5.74) is 1.52. The molecule has 3 rings (SSSR count). The number of carbonyl (C=O) groups excluding carboxylic acids is 1. The van der Waals surface area contributed by atoms with Crippen molar-refractivity contribution in [3.63, 3.8) is 0 Å². The molecule has 3 aromatic rings. The second kappa shape index (κ2) is 9.75. The van der Waals surface area contributed by atoms with Crippen LogP contribution in [0.25, 0.3) is 0 Å². The van der Waals surface area contributed by atoms with Crippen LogP contribution >= 0.6 is 0 Å². The summed E-state index contributed by atoms with van der Waals surface area (Å²) in [6.45, 7) is 0.436. The smallest absolute Gasteiger partial charge is 0.255 e. The van der Waals surface area contributed by atoms with Crippen LogP contribution in [0, 0.1) is 0 Å². The van der Waals surface area contributed by atoms with Crippen LogP contribution in [0.2, 0.25) is 0 Å². The molecule has 0 aliphatic rings. The van der Waals surface area contributed by atoms with Gasteiger partial charge in [0.2, 0.25) is 0 Å². The third-order valence-electron chi connectivity index (χ3n) is 4.68. The third kappa shape index (κ3) is 5.15. The van der Waals surface area contributed by atoms with Gasteiger partial charge in [-0.05, 0) is 44.4 Å². The summed E-state index contributed by atoms with van der Waals surface area (Å²) in [7, 11) is 5.62. The molecule has 0 radical (unpaired) electrons. The minimum Gasteiger partial charge on any atom is -0.496 e. The predicted octanol–water partition coefficient (Wildman–Crippen LogP) is 4.52. The summed E-state index contributed by atoms with van der Waals surface area (Å²) in [6, 6.07) is 24.5. The van der Waals surface area contributed by atoms with Gasteiger partial charge in [0.15, 0.2) is 0 Å². The van der Waals surface area contributed by atoms with Crippen molar-refractivity contribution >= 4 is 5.91 Å². The molecule has 0 fully saturated rings. The maximum absolute atomic E-state index is 12.9. The highest BCUT2D eigenvalue weighted by Crippen LogP contribution is 2.28. The molecule has 1 N–H and O–H groups in total. The topological polar surface area (TPSA) is 50.8 Å². The van der Waals surface area contributed by atoms with Gasteiger partial charge in [0.25, 0.3) is 5.91 Å². The molecular formula is C24H26N2O3. The van der Waals surface area contributed by atoms with Crippen molar-refractivity contribution in [2.75, 3.05) is 27.7 Å². The van der Waals surface area contributed by atoms with Crippen molar-refractivity contribution in [3.8, 4) is 17.2 Å². The van der Waals surface area contributed by atoms with E-state index in [0.29, 0.717) is 23.6 Å². The van der Waals surface area contributed by atoms with Gasteiger partial charge < -0.3 is 19.7 Å². The Labute approximate surface area is 171 Å². The number of amides is 1. The molecule has 1 unspecified atom stereocenters. The van der Waals surface area contributed by atoms with Crippen molar-refractivity contribution in [1.29, 1.82) is 0 Å². The van der Waals surface area contributed by atoms with Crippen LogP contribution in [-0.2, 0) is 0 Å². The van der Waals surface area contributed by atoms with Gasteiger partial charge in [-0.2, -0.15) is 0 Å². The number of likely N-dealkylation sites (N-methyl/N-ethyl adjacent to an activating group) is 1. The van der Waals surface area contributed by atoms with Crippen LogP contribution in [0.1, 0.15) is 22.0 Å². The number of para-hydroxylation sites is 3. The number of benzene rings is 3. The minimum atomic E-state index is -0.182. The van der Waals surface area contributed by atoms with E-state index in [1.54, 1.807) is 19.2 Å². The van der Waals surface area contributed by atoms with Crippen LogP contribution in [-0.4, -0.2) is 38.6 Å². The fourth-order valence-electron chi connectivity index (χ4n) is 3.16. The minimum absolute atomic E-state index is 0.0303. The first-order valence-electron chi connectivity index (χ1n) is 9.49. The average Bonchev–Trinajstić information content (AvgIpc) is 2.75. The van der Waals surface area contributed by atoms with Gasteiger partial charge in [-0.3, -0.25) is 4.79 Å². The van der Waals surface area contributed by atoms with E-state index in [2.05, 4.69) is 10.2 Å². The number of methoxy groups -OCH3 is 1. The standard InChI is InChI=1S/C24H26N2O3/c1-26(2)21(19-13-7-9-15-22(19)28-3)17-25-24(27)20-14-8-10-16-23(20)29-18-11-5-4-6-12-18/h4-16,21H,17H2,1-3H3,(H,25,27). The molecule has 0 saturated heterocycles. The first kappa shape index (κ1) is 20.4. The Balaban J connectivity index is 1.76. The van der Waals surface area contributed by atoms with Crippen LogP contribution in [0.5, 0.6) is 17.2 Å². The van der Waals surface area contributed by atoms with E-state index in [1.807, 2.05) is 80.8 Å². The Hall–Kier alpha value is -3.31. The van der Waals surface area contributed by atoms with Gasteiger partial charge in [-0.25, -0.2) is 0 Å². The molecule has 3 aromatic carbocycles. The fraction of sp³-hybridized carbons (Fsp3) is 0.208. The third-order valence-corrected chi connectivity index (χ3v) is 4.68. The van der Waals surface area contributed by atoms with E-state index in [9.17, 15) is 4.79 Å². The van der Waals surface area contributed by atoms with Gasteiger partial charge in [-0.1, -0.05) is 48.5 Å². The lowest BCUT2D eigenvalue weighted by Crippen LogP contribution is -2.34. The van der Waals surface area contributed by atoms with Crippen LogP contribution in [0.4, 0.5) is 0 Å². The van der Waals surface area contributed by atoms with E-state index >= 15 is 0 Å². The quantitative estimate of drug-likeness (QED) is 0.614. The Morgan fingerprint density at radius 3 is 2.21 bits per heavy atom. The van der Waals surface area contributed by atoms with Gasteiger partial charge in [-0.15, -0.1) is 0 Å². The molecule has 0 spiro atoms. The summed E-state index contributed by atoms with van der Waals surface area (Å²) < 4.78 is 11.4. The van der Waals surface area contributed by atoms with E-state index in [-0.39, 0.29) is 11.9 Å². The van der Waals surface area contributed by atoms with Crippen molar-refractivity contribution in [3.05, 3.63) is 90.0 Å². The summed E-state index contributed by atoms with van der Waals surface area (Å²) in [5, 5.41) is 3.04. The number of hydrogen-bond donors (Lipinski definition) is 1. The molecule has 5 heteroatoms. The Morgan fingerprint density at radius 2 is 1.52 bits per heavy atom. The van der Waals surface area contributed by atoms with Crippen molar-refractivity contribution < 1.29 is 14.3 Å². The predicted molar refractivity (Wildman–Crippen MR) is 115 cm³/mol. The Morgan fingerprint density at radius 1 is 0.897 bits per heavy atom. The Bertz CT molecular complexity index is 942. The number of hydrogen-bond acceptors (Lipinski definition) is 4. The van der Waals surface area contributed by atoms with Crippen LogP contribution in [0.3, 0.4) is 0 Å². The molecular weight excluding hydrogens is 364 g/mol. The lowest BCUT2D eigenvalue weighted by Gasteiger charge is -2.26. The number of rotatable bonds is 8. The second-order valence-corrected chi connectivity index (χ2v) is 6.84. The zero-order chi connectivity index (χ0) is 20.6. The summed E-state index contributed by atoms with van der Waals surface area (Å²) >= 11 is 0. The monoisotopic (exact) mass is 390 g/mol. The fourth-order valence-corrected chi connectivity index (χ4v) is 3.16. The molecule has 0 aliphatic carbocycles. The molecule has 29 heavy (non-hydrogen) atoms. The number of nitrogens with one attached hydrogen (secondary N) is 1. The molecule has 1 atom stereocenters. The first-order valence-corrected chi connectivity index (χ1v) is 9.49. The molecule has 0 saturated carbocycles. The second-order valence-electron chi connectivity index (χ2n) is 6.84. The number of ether oxygens (including phenoxy) is 2. The number of nitrogens with zero attached hydrogens (tertiary/aromatic N) is 1. The highest BCUT2D eigenvalue weighted by molar-refractivity contribution is 5.97. The normalized spacial score (nSPS) is 11.7. The molecule has 5 nitrogen and oxygen atoms in total.